The van der Waals surface area contributed by atoms with Gasteiger partial charge in [-0.05, 0) is 30.3 Å². The fraction of sp³-hybridized carbons (Fsp3) is 0.0556. The molecule has 5 N–H and O–H groups in total. The minimum Gasteiger partial charge on any atom is -0.475 e. The number of hydrogen-bond acceptors (Lipinski definition) is 4. The first-order chi connectivity index (χ1) is 12.5. The molecule has 0 saturated carbocycles. The Kier molecular flexibility index (Phi) is 4.57. The molecule has 0 spiro atoms. The molecular weight excluding hydrogens is 338 g/mol. The summed E-state index contributed by atoms with van der Waals surface area (Å²) in [6.45, 7) is -0.00122. The molecule has 0 saturated heterocycles. The van der Waals surface area contributed by atoms with E-state index in [1.54, 1.807) is 24.3 Å². The van der Waals surface area contributed by atoms with Crippen LogP contribution in [0.3, 0.4) is 0 Å². The molecule has 0 atom stereocenters. The number of rotatable bonds is 5. The molecule has 0 aliphatic rings. The summed E-state index contributed by atoms with van der Waals surface area (Å²) < 4.78 is 5.35. The zero-order valence-corrected chi connectivity index (χ0v) is 13.5. The Balaban J connectivity index is 1.77. The molecule has 8 heteroatoms. The number of nitrogens with two attached hydrogens (primary N) is 1. The normalized spacial score (nSPS) is 10.5. The van der Waals surface area contributed by atoms with Gasteiger partial charge in [-0.1, -0.05) is 18.2 Å². The molecule has 0 aliphatic carbocycles. The number of carbonyl (C=O) groups excluding carboxylic acids is 2. The summed E-state index contributed by atoms with van der Waals surface area (Å²) >= 11 is 0. The van der Waals surface area contributed by atoms with E-state index in [1.807, 2.05) is 0 Å². The molecule has 1 aromatic heterocycles. The number of carboxylic acid groups (broad SMARTS) is 1. The molecule has 3 rings (SSSR count). The van der Waals surface area contributed by atoms with Crippen molar-refractivity contribution in [2.45, 2.75) is 6.54 Å². The minimum absolute atomic E-state index is 0.00122. The van der Waals surface area contributed by atoms with Crippen molar-refractivity contribution in [2.24, 2.45) is 5.73 Å². The molecule has 3 aromatic rings. The van der Waals surface area contributed by atoms with Gasteiger partial charge < -0.3 is 25.9 Å². The molecule has 2 aromatic carbocycles. The second kappa shape index (κ2) is 6.98. The molecule has 0 radical (unpaired) electrons. The van der Waals surface area contributed by atoms with E-state index >= 15 is 0 Å². The van der Waals surface area contributed by atoms with Crippen LogP contribution in [-0.4, -0.2) is 23.0 Å². The smallest absolute Gasteiger partial charge is 0.372 e. The van der Waals surface area contributed by atoms with Crippen LogP contribution in [0.2, 0.25) is 0 Å². The fourth-order valence-corrected chi connectivity index (χ4v) is 2.56. The number of furan rings is 1. The first-order valence-electron chi connectivity index (χ1n) is 7.64. The molecule has 132 valence electrons. The van der Waals surface area contributed by atoms with Gasteiger partial charge in [0.25, 0.3) is 5.91 Å². The van der Waals surface area contributed by atoms with Crippen LogP contribution in [0.4, 0.5) is 10.5 Å². The quantitative estimate of drug-likeness (QED) is 0.559. The monoisotopic (exact) mass is 353 g/mol. The van der Waals surface area contributed by atoms with Crippen LogP contribution in [-0.2, 0) is 6.54 Å². The number of benzene rings is 2. The van der Waals surface area contributed by atoms with Crippen molar-refractivity contribution in [3.8, 4) is 0 Å². The minimum atomic E-state index is -1.20. The van der Waals surface area contributed by atoms with E-state index in [1.165, 1.54) is 24.3 Å². The van der Waals surface area contributed by atoms with Crippen molar-refractivity contribution in [3.63, 3.8) is 0 Å². The van der Waals surface area contributed by atoms with Crippen LogP contribution in [0.5, 0.6) is 0 Å². The Hall–Kier alpha value is -3.81. The number of urea groups is 1. The molecule has 8 nitrogen and oxygen atoms in total. The lowest BCUT2D eigenvalue weighted by atomic mass is 10.1. The Labute approximate surface area is 147 Å². The first-order valence-corrected chi connectivity index (χ1v) is 7.64. The molecular formula is C18H15N3O5. The Morgan fingerprint density at radius 1 is 1.04 bits per heavy atom. The van der Waals surface area contributed by atoms with Crippen LogP contribution in [0.1, 0.15) is 26.5 Å². The number of anilines is 1. The number of amides is 3. The third-order valence-electron chi connectivity index (χ3n) is 3.73. The van der Waals surface area contributed by atoms with Crippen molar-refractivity contribution < 1.29 is 23.9 Å². The summed E-state index contributed by atoms with van der Waals surface area (Å²) in [6.07, 6.45) is 0. The number of hydrogen-bond donors (Lipinski definition) is 4. The van der Waals surface area contributed by atoms with Gasteiger partial charge in [0.2, 0.25) is 5.76 Å². The summed E-state index contributed by atoms with van der Waals surface area (Å²) in [6, 6.07) is 12.3. The number of nitrogens with one attached hydrogen (secondary N) is 2. The molecule has 0 bridgehead atoms. The molecule has 3 amide bonds. The molecule has 0 aliphatic heterocycles. The maximum atomic E-state index is 12.3. The second-order valence-electron chi connectivity index (χ2n) is 5.46. The Bertz CT molecular complexity index is 992. The van der Waals surface area contributed by atoms with Gasteiger partial charge >= 0.3 is 12.0 Å². The highest BCUT2D eigenvalue weighted by molar-refractivity contribution is 5.97. The second-order valence-corrected chi connectivity index (χ2v) is 5.46. The third-order valence-corrected chi connectivity index (χ3v) is 3.73. The zero-order chi connectivity index (χ0) is 18.7. The number of primary amides is 1. The number of para-hydroxylation sites is 1. The first kappa shape index (κ1) is 17.0. The summed E-state index contributed by atoms with van der Waals surface area (Å²) in [7, 11) is 0. The van der Waals surface area contributed by atoms with Crippen molar-refractivity contribution in [3.05, 3.63) is 65.4 Å². The predicted molar refractivity (Wildman–Crippen MR) is 94.0 cm³/mol. The van der Waals surface area contributed by atoms with Gasteiger partial charge in [0.1, 0.15) is 5.58 Å². The fourth-order valence-electron chi connectivity index (χ4n) is 2.56. The van der Waals surface area contributed by atoms with Crippen LogP contribution in [0.15, 0.2) is 52.9 Å². The van der Waals surface area contributed by atoms with Crippen molar-refractivity contribution in [2.75, 3.05) is 5.32 Å². The van der Waals surface area contributed by atoms with E-state index in [2.05, 4.69) is 10.6 Å². The standard InChI is InChI=1S/C18H15N3O5/c19-18(25)21-11-7-5-10(6-8-11)16(22)20-9-13-12-3-1-2-4-14(12)26-15(13)17(23)24/h1-8H,9H2,(H,20,22)(H,23,24)(H3,19,21,25). The average Bonchev–Trinajstić information content (AvgIpc) is 2.99. The summed E-state index contributed by atoms with van der Waals surface area (Å²) in [5.41, 5.74) is 6.67. The van der Waals surface area contributed by atoms with Gasteiger partial charge in [0.05, 0.1) is 0 Å². The average molecular weight is 353 g/mol. The SMILES string of the molecule is NC(=O)Nc1ccc(C(=O)NCc2c(C(=O)O)oc3ccccc23)cc1. The Morgan fingerprint density at radius 3 is 2.38 bits per heavy atom. The lowest BCUT2D eigenvalue weighted by molar-refractivity contribution is 0.0662. The van der Waals surface area contributed by atoms with Gasteiger partial charge in [-0.2, -0.15) is 0 Å². The van der Waals surface area contributed by atoms with Crippen LogP contribution in [0, 0.1) is 0 Å². The topological polar surface area (TPSA) is 135 Å². The van der Waals surface area contributed by atoms with Crippen LogP contribution >= 0.6 is 0 Å². The van der Waals surface area contributed by atoms with E-state index in [0.717, 1.165) is 0 Å². The zero-order valence-electron chi connectivity index (χ0n) is 13.5. The highest BCUT2D eigenvalue weighted by Gasteiger charge is 2.20. The van der Waals surface area contributed by atoms with Crippen molar-refractivity contribution in [1.82, 2.24) is 5.32 Å². The highest BCUT2D eigenvalue weighted by Crippen LogP contribution is 2.26. The van der Waals surface area contributed by atoms with Crippen molar-refractivity contribution >= 4 is 34.6 Å². The summed E-state index contributed by atoms with van der Waals surface area (Å²) in [4.78, 5) is 34.5. The molecule has 0 unspecified atom stereocenters. The largest absolute Gasteiger partial charge is 0.475 e. The number of carboxylic acids is 1. The lowest BCUT2D eigenvalue weighted by Gasteiger charge is -2.06. The number of carbonyl (C=O) groups is 3. The number of aromatic carboxylic acids is 1. The molecule has 1 heterocycles. The summed E-state index contributed by atoms with van der Waals surface area (Å²) in [5.74, 6) is -1.79. The summed E-state index contributed by atoms with van der Waals surface area (Å²) in [5, 5.41) is 15.0. The van der Waals surface area contributed by atoms with Gasteiger partial charge in [-0.25, -0.2) is 9.59 Å². The lowest BCUT2D eigenvalue weighted by Crippen LogP contribution is -2.24. The van der Waals surface area contributed by atoms with Gasteiger partial charge in [-0.15, -0.1) is 0 Å². The van der Waals surface area contributed by atoms with Gasteiger partial charge in [0, 0.05) is 28.7 Å². The van der Waals surface area contributed by atoms with Crippen LogP contribution < -0.4 is 16.4 Å². The molecule has 26 heavy (non-hydrogen) atoms. The number of fused-ring (bicyclic) bond motifs is 1. The van der Waals surface area contributed by atoms with Crippen LogP contribution in [0.25, 0.3) is 11.0 Å². The van der Waals surface area contributed by atoms with Gasteiger partial charge in [0.15, 0.2) is 0 Å². The van der Waals surface area contributed by atoms with Gasteiger partial charge in [-0.3, -0.25) is 4.79 Å². The van der Waals surface area contributed by atoms with E-state index < -0.39 is 17.9 Å². The van der Waals surface area contributed by atoms with E-state index in [0.29, 0.717) is 27.8 Å². The maximum absolute atomic E-state index is 12.3. The molecule has 0 fully saturated rings. The third kappa shape index (κ3) is 3.48. The maximum Gasteiger partial charge on any atom is 0.372 e. The van der Waals surface area contributed by atoms with E-state index in [-0.39, 0.29) is 12.3 Å². The van der Waals surface area contributed by atoms with E-state index in [9.17, 15) is 19.5 Å². The van der Waals surface area contributed by atoms with Crippen molar-refractivity contribution in [1.29, 1.82) is 0 Å². The Morgan fingerprint density at radius 2 is 1.73 bits per heavy atom. The van der Waals surface area contributed by atoms with E-state index in [4.69, 9.17) is 10.2 Å². The predicted octanol–water partition coefficient (Wildman–Crippen LogP) is 2.55. The highest BCUT2D eigenvalue weighted by atomic mass is 16.4.